The van der Waals surface area contributed by atoms with Gasteiger partial charge in [0.15, 0.2) is 0 Å². The van der Waals surface area contributed by atoms with Crippen LogP contribution < -0.4 is 0 Å². The van der Waals surface area contributed by atoms with Crippen LogP contribution in [0.25, 0.3) is 0 Å². The summed E-state index contributed by atoms with van der Waals surface area (Å²) in [6.45, 7) is 7.73. The highest BCUT2D eigenvalue weighted by atomic mass is 28.2. The van der Waals surface area contributed by atoms with E-state index in [9.17, 15) is 0 Å². The lowest BCUT2D eigenvalue weighted by atomic mass is 10.4. The average molecular weight is 154 g/mol. The van der Waals surface area contributed by atoms with E-state index in [0.29, 0.717) is 0 Å². The van der Waals surface area contributed by atoms with Crippen LogP contribution in [0.2, 0.25) is 6.04 Å². The van der Waals surface area contributed by atoms with Gasteiger partial charge in [0.2, 0.25) is 9.76 Å². The Morgan fingerprint density at radius 2 is 1.90 bits per heavy atom. The van der Waals surface area contributed by atoms with Crippen LogP contribution in [0, 0.1) is 0 Å². The van der Waals surface area contributed by atoms with Crippen molar-refractivity contribution in [2.24, 2.45) is 0 Å². The Labute approximate surface area is 65.7 Å². The van der Waals surface area contributed by atoms with Gasteiger partial charge in [-0.2, -0.15) is 0 Å². The van der Waals surface area contributed by atoms with Crippen LogP contribution in [0.15, 0.2) is 25.3 Å². The second kappa shape index (κ2) is 8.66. The van der Waals surface area contributed by atoms with Gasteiger partial charge in [-0.25, -0.2) is 0 Å². The standard InChI is InChI=1S/C4H8OSi.C4H6/c1-2-4-6-5-3-1;1-3-4-2/h1-4H2;3-4H,1-2H2. The van der Waals surface area contributed by atoms with Crippen LogP contribution in [-0.4, -0.2) is 16.4 Å². The Morgan fingerprint density at radius 3 is 2.00 bits per heavy atom. The summed E-state index contributed by atoms with van der Waals surface area (Å²) in [5.41, 5.74) is 0. The van der Waals surface area contributed by atoms with Crippen molar-refractivity contribution in [3.8, 4) is 0 Å². The molecule has 0 aromatic rings. The number of hydrogen-bond donors (Lipinski definition) is 0. The second-order valence-electron chi connectivity index (χ2n) is 1.92. The predicted molar refractivity (Wildman–Crippen MR) is 46.1 cm³/mol. The van der Waals surface area contributed by atoms with Crippen LogP contribution in [-0.2, 0) is 4.43 Å². The maximum Gasteiger partial charge on any atom is 0.229 e. The molecule has 1 nitrogen and oxygen atoms in total. The van der Waals surface area contributed by atoms with Gasteiger partial charge in [-0.3, -0.25) is 0 Å². The highest BCUT2D eigenvalue weighted by molar-refractivity contribution is 6.27. The molecule has 1 aliphatic rings. The molecule has 0 amide bonds. The van der Waals surface area contributed by atoms with Gasteiger partial charge in [-0.1, -0.05) is 31.7 Å². The van der Waals surface area contributed by atoms with Gasteiger partial charge in [0.25, 0.3) is 0 Å². The molecule has 0 aromatic heterocycles. The molecule has 0 bridgehead atoms. The molecular formula is C8H14OSi. The van der Waals surface area contributed by atoms with Crippen molar-refractivity contribution in [2.45, 2.75) is 18.9 Å². The third kappa shape index (κ3) is 7.66. The monoisotopic (exact) mass is 154 g/mol. The molecule has 0 aromatic carbocycles. The zero-order valence-electron chi connectivity index (χ0n) is 6.31. The largest absolute Gasteiger partial charge is 0.417 e. The fourth-order valence-electron chi connectivity index (χ4n) is 0.516. The molecule has 1 heterocycles. The topological polar surface area (TPSA) is 9.23 Å². The normalized spacial score (nSPS) is 16.4. The summed E-state index contributed by atoms with van der Waals surface area (Å²) in [6.07, 6.45) is 5.95. The molecule has 0 saturated carbocycles. The van der Waals surface area contributed by atoms with Gasteiger partial charge in [-0.05, 0) is 12.5 Å². The minimum atomic E-state index is 0.802. The van der Waals surface area contributed by atoms with Gasteiger partial charge in [0.05, 0.1) is 0 Å². The van der Waals surface area contributed by atoms with E-state index in [0.717, 1.165) is 16.4 Å². The maximum absolute atomic E-state index is 5.10. The minimum absolute atomic E-state index is 0.802. The Kier molecular flexibility index (Phi) is 8.36. The summed E-state index contributed by atoms with van der Waals surface area (Å²) in [4.78, 5) is 0. The summed E-state index contributed by atoms with van der Waals surface area (Å²) >= 11 is 0. The summed E-state index contributed by atoms with van der Waals surface area (Å²) in [6, 6.07) is 1.31. The molecule has 0 atom stereocenters. The Bertz CT molecular complexity index is 69.7. The quantitative estimate of drug-likeness (QED) is 0.415. The third-order valence-corrected chi connectivity index (χ3v) is 2.01. The molecule has 0 N–H and O–H groups in total. The van der Waals surface area contributed by atoms with Gasteiger partial charge in [-0.15, -0.1) is 0 Å². The lowest BCUT2D eigenvalue weighted by molar-refractivity contribution is 0.304. The van der Waals surface area contributed by atoms with Crippen LogP contribution in [0.3, 0.4) is 0 Å². The second-order valence-corrected chi connectivity index (χ2v) is 3.00. The minimum Gasteiger partial charge on any atom is -0.417 e. The lowest BCUT2D eigenvalue weighted by Gasteiger charge is -2.06. The predicted octanol–water partition coefficient (Wildman–Crippen LogP) is 2.19. The highest BCUT2D eigenvalue weighted by Crippen LogP contribution is 2.01. The fourth-order valence-corrected chi connectivity index (χ4v) is 1.34. The van der Waals surface area contributed by atoms with Crippen LogP contribution in [0.4, 0.5) is 0 Å². The van der Waals surface area contributed by atoms with E-state index in [4.69, 9.17) is 4.43 Å². The molecule has 2 heteroatoms. The molecule has 56 valence electrons. The van der Waals surface area contributed by atoms with Gasteiger partial charge < -0.3 is 4.43 Å². The molecule has 2 radical (unpaired) electrons. The molecule has 10 heavy (non-hydrogen) atoms. The van der Waals surface area contributed by atoms with E-state index in [1.54, 1.807) is 12.2 Å². The first-order chi connectivity index (χ1) is 4.91. The maximum atomic E-state index is 5.10. The van der Waals surface area contributed by atoms with Crippen molar-refractivity contribution in [1.82, 2.24) is 0 Å². The highest BCUT2D eigenvalue weighted by Gasteiger charge is 1.97. The summed E-state index contributed by atoms with van der Waals surface area (Å²) in [5, 5.41) is 0. The van der Waals surface area contributed by atoms with Crippen molar-refractivity contribution in [3.05, 3.63) is 25.3 Å². The Hall–Kier alpha value is -0.343. The van der Waals surface area contributed by atoms with Crippen molar-refractivity contribution < 1.29 is 4.43 Å². The lowest BCUT2D eigenvalue weighted by Crippen LogP contribution is -2.06. The molecule has 0 unspecified atom stereocenters. The van der Waals surface area contributed by atoms with E-state index < -0.39 is 0 Å². The first-order valence-electron chi connectivity index (χ1n) is 3.50. The first-order valence-corrected chi connectivity index (χ1v) is 4.61. The number of rotatable bonds is 1. The van der Waals surface area contributed by atoms with Gasteiger partial charge in [0, 0.05) is 6.61 Å². The molecule has 0 spiro atoms. The molecule has 0 aliphatic carbocycles. The summed E-state index contributed by atoms with van der Waals surface area (Å²) in [5.74, 6) is 0. The smallest absolute Gasteiger partial charge is 0.229 e. The SMILES string of the molecule is C1CC[Si]OC1.C=CC=C. The molecular weight excluding hydrogens is 140 g/mol. The van der Waals surface area contributed by atoms with Gasteiger partial charge in [0.1, 0.15) is 0 Å². The third-order valence-electron chi connectivity index (χ3n) is 1.04. The zero-order valence-corrected chi connectivity index (χ0v) is 7.31. The van der Waals surface area contributed by atoms with E-state index in [-0.39, 0.29) is 0 Å². The van der Waals surface area contributed by atoms with E-state index in [1.165, 1.54) is 18.9 Å². The fraction of sp³-hybridized carbons (Fsp3) is 0.500. The molecule has 1 fully saturated rings. The first kappa shape index (κ1) is 9.66. The van der Waals surface area contributed by atoms with E-state index >= 15 is 0 Å². The van der Waals surface area contributed by atoms with Crippen molar-refractivity contribution in [2.75, 3.05) is 6.61 Å². The molecule has 1 rings (SSSR count). The van der Waals surface area contributed by atoms with Crippen molar-refractivity contribution in [3.63, 3.8) is 0 Å². The molecule has 1 aliphatic heterocycles. The number of allylic oxidation sites excluding steroid dienone is 2. The van der Waals surface area contributed by atoms with Crippen LogP contribution in [0.1, 0.15) is 12.8 Å². The zero-order chi connectivity index (χ0) is 7.66. The molecule has 1 saturated heterocycles. The summed E-state index contributed by atoms with van der Waals surface area (Å²) in [7, 11) is 0.802. The average Bonchev–Trinajstić information content (AvgIpc) is 2.08. The van der Waals surface area contributed by atoms with E-state index in [1.807, 2.05) is 0 Å². The Balaban J connectivity index is 0.000000180. The number of hydrogen-bond acceptors (Lipinski definition) is 1. The van der Waals surface area contributed by atoms with Crippen molar-refractivity contribution >= 4 is 9.76 Å². The van der Waals surface area contributed by atoms with Gasteiger partial charge >= 0.3 is 0 Å². The Morgan fingerprint density at radius 1 is 1.20 bits per heavy atom. The summed E-state index contributed by atoms with van der Waals surface area (Å²) < 4.78 is 5.10. The van der Waals surface area contributed by atoms with Crippen LogP contribution >= 0.6 is 0 Å². The van der Waals surface area contributed by atoms with E-state index in [2.05, 4.69) is 13.2 Å². The van der Waals surface area contributed by atoms with Crippen LogP contribution in [0.5, 0.6) is 0 Å². The van der Waals surface area contributed by atoms with Crippen molar-refractivity contribution in [1.29, 1.82) is 0 Å².